The second-order valence-electron chi connectivity index (χ2n) is 4.22. The largest absolute Gasteiger partial charge is 0.310 e. The van der Waals surface area contributed by atoms with E-state index in [9.17, 15) is 4.39 Å². The van der Waals surface area contributed by atoms with Crippen LogP contribution in [-0.2, 0) is 6.42 Å². The van der Waals surface area contributed by atoms with Crippen LogP contribution in [0.15, 0.2) is 43.0 Å². The molecule has 0 aromatic carbocycles. The van der Waals surface area contributed by atoms with Crippen LogP contribution in [0.25, 0.3) is 0 Å². The van der Waals surface area contributed by atoms with Gasteiger partial charge < -0.3 is 5.32 Å². The highest BCUT2D eigenvalue weighted by molar-refractivity contribution is 5.14. The van der Waals surface area contributed by atoms with Crippen molar-refractivity contribution in [1.82, 2.24) is 15.3 Å². The minimum absolute atomic E-state index is 0.0926. The minimum atomic E-state index is -0.296. The number of rotatable bonds is 5. The van der Waals surface area contributed by atoms with E-state index in [1.54, 1.807) is 18.6 Å². The minimum Gasteiger partial charge on any atom is -0.310 e. The molecular weight excluding hydrogens is 229 g/mol. The lowest BCUT2D eigenvalue weighted by Crippen LogP contribution is -2.21. The zero-order chi connectivity index (χ0) is 12.8. The molecule has 0 fully saturated rings. The lowest BCUT2D eigenvalue weighted by atomic mass is 10.1. The van der Waals surface area contributed by atoms with E-state index < -0.39 is 0 Å². The fourth-order valence-corrected chi connectivity index (χ4v) is 1.77. The highest BCUT2D eigenvalue weighted by Crippen LogP contribution is 2.11. The molecular formula is C14H16FN3. The van der Waals surface area contributed by atoms with E-state index in [0.717, 1.165) is 18.5 Å². The third kappa shape index (κ3) is 3.60. The molecule has 94 valence electrons. The quantitative estimate of drug-likeness (QED) is 0.879. The maximum absolute atomic E-state index is 13.0. The van der Waals surface area contributed by atoms with E-state index in [1.807, 2.05) is 19.1 Å². The van der Waals surface area contributed by atoms with E-state index in [0.29, 0.717) is 0 Å². The fourth-order valence-electron chi connectivity index (χ4n) is 1.77. The number of nitrogens with one attached hydrogen (secondary N) is 1. The van der Waals surface area contributed by atoms with Crippen LogP contribution in [0.2, 0.25) is 0 Å². The number of hydrogen-bond donors (Lipinski definition) is 1. The van der Waals surface area contributed by atoms with Gasteiger partial charge in [0.05, 0.1) is 6.20 Å². The van der Waals surface area contributed by atoms with E-state index in [2.05, 4.69) is 15.3 Å². The average molecular weight is 245 g/mol. The van der Waals surface area contributed by atoms with E-state index >= 15 is 0 Å². The summed E-state index contributed by atoms with van der Waals surface area (Å²) in [5, 5.41) is 3.35. The zero-order valence-electron chi connectivity index (χ0n) is 10.3. The SMILES string of the molecule is CC(NCCc1ccncc1)c1cncc(F)c1. The lowest BCUT2D eigenvalue weighted by molar-refractivity contribution is 0.563. The molecule has 1 unspecified atom stereocenters. The van der Waals surface area contributed by atoms with Crippen molar-refractivity contribution >= 4 is 0 Å². The van der Waals surface area contributed by atoms with Gasteiger partial charge in [0.25, 0.3) is 0 Å². The van der Waals surface area contributed by atoms with Crippen molar-refractivity contribution in [3.8, 4) is 0 Å². The normalized spacial score (nSPS) is 12.3. The Morgan fingerprint density at radius 2 is 2.00 bits per heavy atom. The highest BCUT2D eigenvalue weighted by atomic mass is 19.1. The Morgan fingerprint density at radius 1 is 1.22 bits per heavy atom. The average Bonchev–Trinajstić information content (AvgIpc) is 2.40. The Bertz CT molecular complexity index is 487. The molecule has 3 nitrogen and oxygen atoms in total. The molecule has 1 atom stereocenters. The molecule has 0 spiro atoms. The standard InChI is InChI=1S/C14H16FN3/c1-11(13-8-14(15)10-17-9-13)18-7-4-12-2-5-16-6-3-12/h2-3,5-6,8-11,18H,4,7H2,1H3. The highest BCUT2D eigenvalue weighted by Gasteiger charge is 2.05. The molecule has 0 saturated carbocycles. The third-order valence-electron chi connectivity index (χ3n) is 2.84. The van der Waals surface area contributed by atoms with Gasteiger partial charge in [-0.2, -0.15) is 0 Å². The molecule has 2 rings (SSSR count). The van der Waals surface area contributed by atoms with Crippen molar-refractivity contribution in [3.63, 3.8) is 0 Å². The number of hydrogen-bond acceptors (Lipinski definition) is 3. The summed E-state index contributed by atoms with van der Waals surface area (Å²) in [5.41, 5.74) is 2.10. The first-order valence-corrected chi connectivity index (χ1v) is 5.98. The predicted octanol–water partition coefficient (Wildman–Crippen LogP) is 2.51. The Balaban J connectivity index is 1.83. The molecule has 0 amide bonds. The van der Waals surface area contributed by atoms with Gasteiger partial charge in [0.15, 0.2) is 0 Å². The zero-order valence-corrected chi connectivity index (χ0v) is 10.3. The van der Waals surface area contributed by atoms with Crippen molar-refractivity contribution in [2.24, 2.45) is 0 Å². The monoisotopic (exact) mass is 245 g/mol. The Hall–Kier alpha value is -1.81. The molecule has 2 aromatic rings. The number of halogens is 1. The maximum atomic E-state index is 13.0. The summed E-state index contributed by atoms with van der Waals surface area (Å²) in [7, 11) is 0. The van der Waals surface area contributed by atoms with Gasteiger partial charge in [0, 0.05) is 24.6 Å². The van der Waals surface area contributed by atoms with Crippen molar-refractivity contribution in [2.45, 2.75) is 19.4 Å². The molecule has 2 heterocycles. The van der Waals surface area contributed by atoms with Gasteiger partial charge in [-0.15, -0.1) is 0 Å². The number of nitrogens with zero attached hydrogens (tertiary/aromatic N) is 2. The molecule has 18 heavy (non-hydrogen) atoms. The molecule has 0 radical (unpaired) electrons. The van der Waals surface area contributed by atoms with Crippen LogP contribution < -0.4 is 5.32 Å². The van der Waals surface area contributed by atoms with Crippen LogP contribution in [-0.4, -0.2) is 16.5 Å². The van der Waals surface area contributed by atoms with Crippen molar-refractivity contribution in [3.05, 3.63) is 59.9 Å². The van der Waals surface area contributed by atoms with Crippen molar-refractivity contribution in [1.29, 1.82) is 0 Å². The van der Waals surface area contributed by atoms with Crippen LogP contribution in [0.4, 0.5) is 4.39 Å². The topological polar surface area (TPSA) is 37.8 Å². The van der Waals surface area contributed by atoms with Gasteiger partial charge in [0.2, 0.25) is 0 Å². The van der Waals surface area contributed by atoms with Crippen LogP contribution >= 0.6 is 0 Å². The van der Waals surface area contributed by atoms with Gasteiger partial charge in [-0.1, -0.05) is 0 Å². The first-order valence-electron chi connectivity index (χ1n) is 5.98. The van der Waals surface area contributed by atoms with Gasteiger partial charge >= 0.3 is 0 Å². The number of pyridine rings is 2. The molecule has 0 bridgehead atoms. The van der Waals surface area contributed by atoms with Gasteiger partial charge in [0.1, 0.15) is 5.82 Å². The smallest absolute Gasteiger partial charge is 0.141 e. The van der Waals surface area contributed by atoms with Crippen LogP contribution in [0.5, 0.6) is 0 Å². The molecule has 0 aliphatic carbocycles. The Labute approximate surface area is 106 Å². The Kier molecular flexibility index (Phi) is 4.36. The molecule has 1 N–H and O–H groups in total. The maximum Gasteiger partial charge on any atom is 0.141 e. The Morgan fingerprint density at radius 3 is 2.72 bits per heavy atom. The van der Waals surface area contributed by atoms with Crippen molar-refractivity contribution < 1.29 is 4.39 Å². The first kappa shape index (κ1) is 12.6. The second-order valence-corrected chi connectivity index (χ2v) is 4.22. The predicted molar refractivity (Wildman–Crippen MR) is 68.6 cm³/mol. The second kappa shape index (κ2) is 6.21. The first-order chi connectivity index (χ1) is 8.75. The summed E-state index contributed by atoms with van der Waals surface area (Å²) < 4.78 is 13.0. The third-order valence-corrected chi connectivity index (χ3v) is 2.84. The van der Waals surface area contributed by atoms with Crippen LogP contribution in [0.1, 0.15) is 24.1 Å². The number of aromatic nitrogens is 2. The summed E-state index contributed by atoms with van der Waals surface area (Å²) >= 11 is 0. The summed E-state index contributed by atoms with van der Waals surface area (Å²) in [6.07, 6.45) is 7.40. The fraction of sp³-hybridized carbons (Fsp3) is 0.286. The van der Waals surface area contributed by atoms with Crippen LogP contribution in [0, 0.1) is 5.82 Å². The molecule has 0 saturated heterocycles. The molecule has 4 heteroatoms. The van der Waals surface area contributed by atoms with E-state index in [-0.39, 0.29) is 11.9 Å². The van der Waals surface area contributed by atoms with Gasteiger partial charge in [-0.25, -0.2) is 4.39 Å². The molecule has 0 aliphatic rings. The lowest BCUT2D eigenvalue weighted by Gasteiger charge is -2.13. The van der Waals surface area contributed by atoms with E-state index in [1.165, 1.54) is 17.8 Å². The van der Waals surface area contributed by atoms with Crippen LogP contribution in [0.3, 0.4) is 0 Å². The summed E-state index contributed by atoms with van der Waals surface area (Å²) in [5.74, 6) is -0.296. The summed E-state index contributed by atoms with van der Waals surface area (Å²) in [6, 6.07) is 5.60. The summed E-state index contributed by atoms with van der Waals surface area (Å²) in [6.45, 7) is 2.84. The summed E-state index contributed by atoms with van der Waals surface area (Å²) in [4.78, 5) is 7.82. The molecule has 2 aromatic heterocycles. The van der Waals surface area contributed by atoms with Gasteiger partial charge in [-0.3, -0.25) is 9.97 Å². The molecule has 0 aliphatic heterocycles. The van der Waals surface area contributed by atoms with Crippen molar-refractivity contribution in [2.75, 3.05) is 6.54 Å². The van der Waals surface area contributed by atoms with E-state index in [4.69, 9.17) is 0 Å². The van der Waals surface area contributed by atoms with Gasteiger partial charge in [-0.05, 0) is 49.2 Å².